The van der Waals surface area contributed by atoms with Crippen LogP contribution in [-0.4, -0.2) is 27.1 Å². The second-order valence-corrected chi connectivity index (χ2v) is 9.74. The zero-order valence-electron chi connectivity index (χ0n) is 19.2. The lowest BCUT2D eigenvalue weighted by Crippen LogP contribution is -2.23. The van der Waals surface area contributed by atoms with Gasteiger partial charge in [-0.25, -0.2) is 4.39 Å². The average Bonchev–Trinajstić information content (AvgIpc) is 3.66. The van der Waals surface area contributed by atoms with Gasteiger partial charge in [0.15, 0.2) is 0 Å². The lowest BCUT2D eigenvalue weighted by Gasteiger charge is -2.23. The van der Waals surface area contributed by atoms with Gasteiger partial charge in [0, 0.05) is 17.0 Å². The maximum absolute atomic E-state index is 13.8. The first-order valence-electron chi connectivity index (χ1n) is 11.3. The van der Waals surface area contributed by atoms with Crippen LogP contribution in [0.2, 0.25) is 0 Å². The minimum Gasteiger partial charge on any atom is -0.435 e. The van der Waals surface area contributed by atoms with Crippen molar-refractivity contribution in [3.05, 3.63) is 90.1 Å². The van der Waals surface area contributed by atoms with Gasteiger partial charge in [0.1, 0.15) is 11.9 Å². The monoisotopic (exact) mass is 494 g/mol. The summed E-state index contributed by atoms with van der Waals surface area (Å²) >= 11 is 0. The first-order chi connectivity index (χ1) is 16.8. The Morgan fingerprint density at radius 2 is 1.86 bits per heavy atom. The molecule has 2 aromatic carbocycles. The number of hydrogen-bond acceptors (Lipinski definition) is 5. The number of aliphatic hydroxyl groups excluding tert-OH is 1. The van der Waals surface area contributed by atoms with Gasteiger partial charge in [0.05, 0.1) is 24.1 Å². The van der Waals surface area contributed by atoms with E-state index in [1.54, 1.807) is 12.1 Å². The van der Waals surface area contributed by atoms with Gasteiger partial charge in [0.2, 0.25) is 5.66 Å². The van der Waals surface area contributed by atoms with Crippen LogP contribution in [-0.2, 0) is 14.1 Å². The van der Waals surface area contributed by atoms with Crippen molar-refractivity contribution in [3.63, 3.8) is 0 Å². The molecule has 1 saturated carbocycles. The first kappa shape index (κ1) is 24.9. The molecule has 4 rings (SSSR count). The van der Waals surface area contributed by atoms with E-state index in [2.05, 4.69) is 6.58 Å². The first-order valence-corrected chi connectivity index (χ1v) is 12.6. The van der Waals surface area contributed by atoms with Crippen LogP contribution in [0.1, 0.15) is 47.7 Å². The number of hydrogen-bond donors (Lipinski definition) is 2. The summed E-state index contributed by atoms with van der Waals surface area (Å²) in [6.45, 7) is 5.19. The van der Waals surface area contributed by atoms with Crippen molar-refractivity contribution >= 4 is 14.0 Å². The van der Waals surface area contributed by atoms with E-state index in [0.717, 1.165) is 30.2 Å². The third-order valence-electron chi connectivity index (χ3n) is 6.14. The summed E-state index contributed by atoms with van der Waals surface area (Å²) in [7, 11) is -2.97. The van der Waals surface area contributed by atoms with Crippen LogP contribution in [0.5, 0.6) is 0 Å². The Morgan fingerprint density at radius 3 is 2.43 bits per heavy atom. The van der Waals surface area contributed by atoms with Crippen molar-refractivity contribution in [3.8, 4) is 22.4 Å². The molecular weight excluding hydrogens is 468 g/mol. The molecule has 2 N–H and O–H groups in total. The fourth-order valence-corrected chi connectivity index (χ4v) is 5.30. The normalized spacial score (nSPS) is 15.3. The zero-order valence-corrected chi connectivity index (χ0v) is 20.1. The summed E-state index contributed by atoms with van der Waals surface area (Å²) in [6.07, 6.45) is 0.651. The summed E-state index contributed by atoms with van der Waals surface area (Å²) in [4.78, 5) is 27.4. The van der Waals surface area contributed by atoms with Crippen molar-refractivity contribution in [2.45, 2.75) is 43.9 Å². The van der Waals surface area contributed by atoms with Gasteiger partial charge in [-0.1, -0.05) is 49.0 Å². The number of ether oxygens (including phenoxy) is 1. The Balaban J connectivity index is 1.99. The quantitative estimate of drug-likeness (QED) is 0.217. The van der Waals surface area contributed by atoms with Gasteiger partial charge in [-0.15, -0.1) is 0 Å². The standard InChI is InChI=1S/C27H25FNO5P/c1-3-34-22(31)15-21(30)27(35(32)33)24-23(17-11-13-20(28)14-12-17)16(2)25(18-7-5-4-6-8-18)29-26(24)19-9-10-19/h3-8,11-14,19,21,27,30H,1,9-10,15H2,2H3/p+1. The second kappa shape index (κ2) is 10.6. The van der Waals surface area contributed by atoms with E-state index in [4.69, 9.17) is 9.72 Å². The van der Waals surface area contributed by atoms with Crippen molar-refractivity contribution in [2.75, 3.05) is 0 Å². The third-order valence-corrected chi connectivity index (χ3v) is 7.22. The van der Waals surface area contributed by atoms with Crippen LogP contribution >= 0.6 is 8.03 Å². The van der Waals surface area contributed by atoms with Crippen LogP contribution in [0.4, 0.5) is 4.39 Å². The molecule has 0 spiro atoms. The summed E-state index contributed by atoms with van der Waals surface area (Å²) in [5.74, 6) is -1.13. The largest absolute Gasteiger partial charge is 0.516 e. The van der Waals surface area contributed by atoms with Crippen LogP contribution in [0, 0.1) is 12.7 Å². The molecule has 3 atom stereocenters. The highest BCUT2D eigenvalue weighted by molar-refractivity contribution is 7.38. The molecule has 0 amide bonds. The number of pyridine rings is 1. The molecule has 180 valence electrons. The maximum atomic E-state index is 13.8. The van der Waals surface area contributed by atoms with Crippen molar-refractivity contribution < 1.29 is 28.5 Å². The van der Waals surface area contributed by atoms with E-state index in [9.17, 15) is 23.7 Å². The predicted molar refractivity (Wildman–Crippen MR) is 131 cm³/mol. The molecule has 0 aliphatic heterocycles. The molecule has 8 heteroatoms. The van der Waals surface area contributed by atoms with E-state index in [1.165, 1.54) is 12.1 Å². The van der Waals surface area contributed by atoms with Crippen molar-refractivity contribution in [2.24, 2.45) is 0 Å². The van der Waals surface area contributed by atoms with Gasteiger partial charge >= 0.3 is 14.0 Å². The highest BCUT2D eigenvalue weighted by atomic mass is 31.1. The molecular formula is C27H26FNO5P+. The number of aromatic nitrogens is 1. The number of aliphatic hydroxyl groups is 1. The minimum atomic E-state index is -2.97. The number of halogens is 1. The van der Waals surface area contributed by atoms with Crippen LogP contribution in [0.15, 0.2) is 67.4 Å². The molecule has 1 aromatic heterocycles. The molecule has 1 aliphatic rings. The number of rotatable bonds is 9. The van der Waals surface area contributed by atoms with Gasteiger partial charge in [-0.3, -0.25) is 9.78 Å². The van der Waals surface area contributed by atoms with E-state index in [1.807, 2.05) is 37.3 Å². The van der Waals surface area contributed by atoms with Gasteiger partial charge in [-0.05, 0) is 53.2 Å². The average molecular weight is 494 g/mol. The molecule has 0 bridgehead atoms. The zero-order chi connectivity index (χ0) is 25.1. The Kier molecular flexibility index (Phi) is 7.51. The van der Waals surface area contributed by atoms with Crippen molar-refractivity contribution in [1.82, 2.24) is 4.98 Å². The third kappa shape index (κ3) is 5.38. The Morgan fingerprint density at radius 1 is 1.20 bits per heavy atom. The molecule has 3 unspecified atom stereocenters. The molecule has 6 nitrogen and oxygen atoms in total. The molecule has 3 aromatic rings. The van der Waals surface area contributed by atoms with Gasteiger partial charge in [0.25, 0.3) is 0 Å². The molecule has 1 aliphatic carbocycles. The lowest BCUT2D eigenvalue weighted by atomic mass is 9.87. The Bertz CT molecular complexity index is 1260. The SMILES string of the molecule is C=COC(=O)CC(O)C(c1c(C2CC2)nc(-c2ccccc2)c(C)c1-c1ccc(F)cc1)[P+](=O)O. The van der Waals surface area contributed by atoms with E-state index < -0.39 is 38.0 Å². The van der Waals surface area contributed by atoms with E-state index in [-0.39, 0.29) is 5.92 Å². The molecule has 0 saturated heterocycles. The van der Waals surface area contributed by atoms with Crippen LogP contribution in [0.3, 0.4) is 0 Å². The highest BCUT2D eigenvalue weighted by Crippen LogP contribution is 2.53. The molecule has 1 fully saturated rings. The number of benzene rings is 2. The number of esters is 1. The van der Waals surface area contributed by atoms with E-state index >= 15 is 0 Å². The van der Waals surface area contributed by atoms with Gasteiger partial charge < -0.3 is 9.84 Å². The maximum Gasteiger partial charge on any atom is 0.516 e. The molecule has 35 heavy (non-hydrogen) atoms. The number of carbonyl (C=O) groups is 1. The Labute approximate surface area is 204 Å². The number of nitrogens with zero attached hydrogens (tertiary/aromatic N) is 1. The summed E-state index contributed by atoms with van der Waals surface area (Å²) in [6, 6.07) is 15.4. The summed E-state index contributed by atoms with van der Waals surface area (Å²) < 4.78 is 31.2. The number of carbonyl (C=O) groups excluding carboxylic acids is 1. The van der Waals surface area contributed by atoms with E-state index in [0.29, 0.717) is 28.1 Å². The molecule has 0 radical (unpaired) electrons. The highest BCUT2D eigenvalue weighted by Gasteiger charge is 2.46. The van der Waals surface area contributed by atoms with Crippen LogP contribution < -0.4 is 0 Å². The predicted octanol–water partition coefficient (Wildman–Crippen LogP) is 5.95. The summed E-state index contributed by atoms with van der Waals surface area (Å²) in [5.41, 5.74) is 3.29. The van der Waals surface area contributed by atoms with Crippen LogP contribution in [0.25, 0.3) is 22.4 Å². The fraction of sp³-hybridized carbons (Fsp3) is 0.259. The lowest BCUT2D eigenvalue weighted by molar-refractivity contribution is -0.140. The topological polar surface area (TPSA) is 96.7 Å². The molecule has 1 heterocycles. The summed E-state index contributed by atoms with van der Waals surface area (Å²) in [5, 5.41) is 11.0. The minimum absolute atomic E-state index is 0.0528. The van der Waals surface area contributed by atoms with Gasteiger partial charge in [-0.2, -0.15) is 4.89 Å². The fourth-order valence-electron chi connectivity index (χ4n) is 4.42. The second-order valence-electron chi connectivity index (χ2n) is 8.58. The Hall–Kier alpha value is -3.25. The van der Waals surface area contributed by atoms with Crippen molar-refractivity contribution in [1.29, 1.82) is 0 Å². The smallest absolute Gasteiger partial charge is 0.435 e.